The van der Waals surface area contributed by atoms with E-state index in [9.17, 15) is 18.2 Å². The van der Waals surface area contributed by atoms with Crippen molar-refractivity contribution in [2.24, 2.45) is 5.73 Å². The lowest BCUT2D eigenvalue weighted by molar-refractivity contribution is 0.102. The molecule has 0 spiro atoms. The fourth-order valence-electron chi connectivity index (χ4n) is 2.89. The lowest BCUT2D eigenvalue weighted by atomic mass is 10.1. The number of nitrogens with one attached hydrogen (secondary N) is 2. The molecule has 0 unspecified atom stereocenters. The number of hydrogen-bond acceptors (Lipinski definition) is 6. The van der Waals surface area contributed by atoms with E-state index < -0.39 is 28.4 Å². The summed E-state index contributed by atoms with van der Waals surface area (Å²) in [5.41, 5.74) is 5.63. The van der Waals surface area contributed by atoms with Crippen LogP contribution in [0, 0.1) is 5.82 Å². The Hall–Kier alpha value is -3.34. The number of ether oxygens (including phenoxy) is 1. The molecule has 0 radical (unpaired) electrons. The van der Waals surface area contributed by atoms with Gasteiger partial charge in [-0.25, -0.2) is 9.37 Å². The average Bonchev–Trinajstić information content (AvgIpc) is 2.81. The van der Waals surface area contributed by atoms with E-state index in [-0.39, 0.29) is 35.0 Å². The SMILES string of the molecule is C[S@](=O)c1ccc(C(=O)Nc2ccc(F)cc2C(=O)Nc2ccc(Cl)cn2)c(OCCCN)c1. The molecule has 3 aromatic rings. The van der Waals surface area contributed by atoms with Crippen molar-refractivity contribution in [2.75, 3.05) is 30.0 Å². The van der Waals surface area contributed by atoms with Gasteiger partial charge in [0.1, 0.15) is 17.4 Å². The second-order valence-corrected chi connectivity index (χ2v) is 8.88. The predicted molar refractivity (Wildman–Crippen MR) is 129 cm³/mol. The van der Waals surface area contributed by atoms with Crippen LogP contribution in [0.4, 0.5) is 15.9 Å². The number of rotatable bonds is 9. The van der Waals surface area contributed by atoms with Crippen molar-refractivity contribution in [1.29, 1.82) is 0 Å². The summed E-state index contributed by atoms with van der Waals surface area (Å²) in [7, 11) is -1.28. The van der Waals surface area contributed by atoms with Gasteiger partial charge in [-0.15, -0.1) is 0 Å². The van der Waals surface area contributed by atoms with Crippen molar-refractivity contribution >= 4 is 45.7 Å². The van der Waals surface area contributed by atoms with E-state index in [1.807, 2.05) is 0 Å². The lowest BCUT2D eigenvalue weighted by Gasteiger charge is -2.15. The van der Waals surface area contributed by atoms with Crippen molar-refractivity contribution in [3.8, 4) is 5.75 Å². The summed E-state index contributed by atoms with van der Waals surface area (Å²) in [6.45, 7) is 0.659. The summed E-state index contributed by atoms with van der Waals surface area (Å²) in [5.74, 6) is -1.51. The number of hydrogen-bond donors (Lipinski definition) is 3. The molecule has 178 valence electrons. The summed E-state index contributed by atoms with van der Waals surface area (Å²) < 4.78 is 31.5. The first-order valence-corrected chi connectivity index (χ1v) is 12.1. The Kier molecular flexibility index (Phi) is 8.69. The molecule has 0 saturated heterocycles. The first-order valence-electron chi connectivity index (χ1n) is 10.1. The second-order valence-electron chi connectivity index (χ2n) is 7.06. The number of carbonyl (C=O) groups excluding carboxylic acids is 2. The molecule has 0 aliphatic heterocycles. The van der Waals surface area contributed by atoms with Gasteiger partial charge in [-0.2, -0.15) is 0 Å². The largest absolute Gasteiger partial charge is 0.493 e. The Morgan fingerprint density at radius 3 is 2.53 bits per heavy atom. The van der Waals surface area contributed by atoms with Gasteiger partial charge in [0.25, 0.3) is 11.8 Å². The highest BCUT2D eigenvalue weighted by atomic mass is 35.5. The molecule has 11 heteroatoms. The summed E-state index contributed by atoms with van der Waals surface area (Å²) in [6.07, 6.45) is 3.42. The summed E-state index contributed by atoms with van der Waals surface area (Å²) in [6, 6.07) is 11.0. The highest BCUT2D eigenvalue weighted by Crippen LogP contribution is 2.25. The molecule has 0 aliphatic carbocycles. The molecule has 0 fully saturated rings. The van der Waals surface area contributed by atoms with Crippen LogP contribution < -0.4 is 21.1 Å². The molecular formula is C23H22ClFN4O4S. The number of benzene rings is 2. The van der Waals surface area contributed by atoms with Crippen LogP contribution in [0.3, 0.4) is 0 Å². The van der Waals surface area contributed by atoms with Crippen LogP contribution in [0.5, 0.6) is 5.75 Å². The van der Waals surface area contributed by atoms with E-state index in [1.165, 1.54) is 42.8 Å². The number of pyridine rings is 1. The van der Waals surface area contributed by atoms with Crippen LogP contribution in [-0.2, 0) is 10.8 Å². The number of aromatic nitrogens is 1. The van der Waals surface area contributed by atoms with Gasteiger partial charge in [0.2, 0.25) is 0 Å². The molecule has 1 atom stereocenters. The van der Waals surface area contributed by atoms with E-state index in [0.717, 1.165) is 12.1 Å². The van der Waals surface area contributed by atoms with Crippen molar-refractivity contribution in [3.05, 3.63) is 76.7 Å². The quantitative estimate of drug-likeness (QED) is 0.380. The standard InChI is InChI=1S/C23H22ClFN4O4S/c1-34(32)16-5-6-17(20(12-16)33-10-2-9-26)22(30)28-19-7-4-15(25)11-18(19)23(31)29-21-8-3-14(24)13-27-21/h3-8,11-13H,2,9-10,26H2,1H3,(H,28,30)(H,27,29,31)/t34-/m0/s1. The third-order valence-electron chi connectivity index (χ3n) is 4.58. The highest BCUT2D eigenvalue weighted by molar-refractivity contribution is 7.84. The van der Waals surface area contributed by atoms with Crippen molar-refractivity contribution < 1.29 is 22.9 Å². The Bertz CT molecular complexity index is 1220. The molecule has 0 aliphatic rings. The first-order chi connectivity index (χ1) is 16.3. The van der Waals surface area contributed by atoms with Crippen LogP contribution in [0.1, 0.15) is 27.1 Å². The minimum absolute atomic E-state index is 0.0777. The van der Waals surface area contributed by atoms with Crippen LogP contribution in [0.25, 0.3) is 0 Å². The van der Waals surface area contributed by atoms with E-state index in [2.05, 4.69) is 15.6 Å². The molecule has 1 aromatic heterocycles. The minimum atomic E-state index is -1.28. The Morgan fingerprint density at radius 1 is 1.09 bits per heavy atom. The Labute approximate surface area is 203 Å². The highest BCUT2D eigenvalue weighted by Gasteiger charge is 2.19. The van der Waals surface area contributed by atoms with Gasteiger partial charge in [0.15, 0.2) is 0 Å². The van der Waals surface area contributed by atoms with Crippen LogP contribution in [-0.4, -0.2) is 40.4 Å². The van der Waals surface area contributed by atoms with E-state index in [0.29, 0.717) is 22.9 Å². The molecule has 2 amide bonds. The number of carbonyl (C=O) groups is 2. The maximum atomic E-state index is 13.9. The lowest BCUT2D eigenvalue weighted by Crippen LogP contribution is -2.20. The summed E-state index contributed by atoms with van der Waals surface area (Å²) >= 11 is 5.80. The number of halogens is 2. The molecule has 3 rings (SSSR count). The summed E-state index contributed by atoms with van der Waals surface area (Å²) in [5, 5.41) is 5.54. The maximum Gasteiger partial charge on any atom is 0.259 e. The molecule has 0 bridgehead atoms. The fourth-order valence-corrected chi connectivity index (χ4v) is 3.53. The van der Waals surface area contributed by atoms with Gasteiger partial charge >= 0.3 is 0 Å². The number of nitrogens with zero attached hydrogens (tertiary/aromatic N) is 1. The van der Waals surface area contributed by atoms with Gasteiger partial charge in [0.05, 0.1) is 28.4 Å². The zero-order valence-corrected chi connectivity index (χ0v) is 19.7. The Balaban J connectivity index is 1.87. The van der Waals surface area contributed by atoms with Gasteiger partial charge in [0, 0.05) is 28.1 Å². The molecule has 4 N–H and O–H groups in total. The topological polar surface area (TPSA) is 123 Å². The normalized spacial score (nSPS) is 11.5. The minimum Gasteiger partial charge on any atom is -0.493 e. The van der Waals surface area contributed by atoms with Crippen LogP contribution in [0.15, 0.2) is 59.6 Å². The fraction of sp³-hybridized carbons (Fsp3) is 0.174. The van der Waals surface area contributed by atoms with E-state index >= 15 is 0 Å². The van der Waals surface area contributed by atoms with Gasteiger partial charge in [-0.1, -0.05) is 11.6 Å². The first kappa shape index (κ1) is 25.3. The molecule has 2 aromatic carbocycles. The zero-order chi connectivity index (χ0) is 24.7. The maximum absolute atomic E-state index is 13.9. The number of amides is 2. The molecule has 34 heavy (non-hydrogen) atoms. The van der Waals surface area contributed by atoms with Crippen LogP contribution in [0.2, 0.25) is 5.02 Å². The number of anilines is 2. The monoisotopic (exact) mass is 504 g/mol. The smallest absolute Gasteiger partial charge is 0.259 e. The third kappa shape index (κ3) is 6.60. The average molecular weight is 505 g/mol. The van der Waals surface area contributed by atoms with Crippen LogP contribution >= 0.6 is 11.6 Å². The zero-order valence-electron chi connectivity index (χ0n) is 18.1. The van der Waals surface area contributed by atoms with Gasteiger partial charge in [-0.05, 0) is 61.5 Å². The van der Waals surface area contributed by atoms with Crippen molar-refractivity contribution in [3.63, 3.8) is 0 Å². The molecular weight excluding hydrogens is 483 g/mol. The van der Waals surface area contributed by atoms with Gasteiger partial charge in [-0.3, -0.25) is 13.8 Å². The van der Waals surface area contributed by atoms with Crippen molar-refractivity contribution in [1.82, 2.24) is 4.98 Å². The van der Waals surface area contributed by atoms with Crippen molar-refractivity contribution in [2.45, 2.75) is 11.3 Å². The van der Waals surface area contributed by atoms with Gasteiger partial charge < -0.3 is 21.1 Å². The van der Waals surface area contributed by atoms with E-state index in [1.54, 1.807) is 6.07 Å². The molecule has 0 saturated carbocycles. The molecule has 1 heterocycles. The number of nitrogens with two attached hydrogens (primary N) is 1. The second kappa shape index (κ2) is 11.7. The molecule has 8 nitrogen and oxygen atoms in total. The summed E-state index contributed by atoms with van der Waals surface area (Å²) in [4.78, 5) is 30.3. The van der Waals surface area contributed by atoms with E-state index in [4.69, 9.17) is 22.1 Å². The predicted octanol–water partition coefficient (Wildman–Crippen LogP) is 3.84. The third-order valence-corrected chi connectivity index (χ3v) is 5.72. The Morgan fingerprint density at radius 2 is 1.85 bits per heavy atom.